The molecule has 1 spiro atoms. The molecule has 9 heteroatoms. The molecule has 3 heterocycles. The zero-order chi connectivity index (χ0) is 20.8. The van der Waals surface area contributed by atoms with Crippen LogP contribution in [0.1, 0.15) is 30.9 Å². The number of benzene rings is 1. The van der Waals surface area contributed by atoms with E-state index in [-0.39, 0.29) is 17.7 Å². The summed E-state index contributed by atoms with van der Waals surface area (Å²) >= 11 is 6.21. The lowest BCUT2D eigenvalue weighted by Crippen LogP contribution is -2.50. The maximum Gasteiger partial charge on any atom is 0.235 e. The Kier molecular flexibility index (Phi) is 5.21. The average molecular weight is 437 g/mol. The molecular weight excluding hydrogens is 412 g/mol. The van der Waals surface area contributed by atoms with E-state index in [1.807, 2.05) is 18.3 Å². The number of amides is 1. The van der Waals surface area contributed by atoms with Crippen LogP contribution in [0.15, 0.2) is 30.6 Å². The van der Waals surface area contributed by atoms with Gasteiger partial charge in [-0.15, -0.1) is 0 Å². The van der Waals surface area contributed by atoms with Crippen LogP contribution in [0.5, 0.6) is 0 Å². The Labute approximate surface area is 175 Å². The molecule has 4 rings (SSSR count). The summed E-state index contributed by atoms with van der Waals surface area (Å²) in [6.45, 7) is 4.01. The molecular formula is C20H25ClN4O3S. The molecule has 2 aliphatic heterocycles. The minimum Gasteiger partial charge on any atom is -0.325 e. The molecule has 2 aliphatic rings. The van der Waals surface area contributed by atoms with Gasteiger partial charge in [0.2, 0.25) is 5.91 Å². The molecule has 29 heavy (non-hydrogen) atoms. The fourth-order valence-electron chi connectivity index (χ4n) is 4.47. The Morgan fingerprint density at radius 2 is 2.17 bits per heavy atom. The highest BCUT2D eigenvalue weighted by molar-refractivity contribution is 7.90. The minimum atomic E-state index is -3.01. The summed E-state index contributed by atoms with van der Waals surface area (Å²) in [6, 6.07) is 5.81. The van der Waals surface area contributed by atoms with Crippen LogP contribution >= 0.6 is 11.6 Å². The van der Waals surface area contributed by atoms with Crippen LogP contribution in [0.3, 0.4) is 0 Å². The Balaban J connectivity index is 1.45. The molecule has 1 aromatic heterocycles. The van der Waals surface area contributed by atoms with Gasteiger partial charge >= 0.3 is 0 Å². The summed E-state index contributed by atoms with van der Waals surface area (Å²) < 4.78 is 24.4. The largest absolute Gasteiger partial charge is 0.325 e. The number of anilines is 1. The number of likely N-dealkylation sites (tertiary alicyclic amines) is 1. The number of hydrogen-bond donors (Lipinski definition) is 1. The van der Waals surface area contributed by atoms with E-state index in [1.54, 1.807) is 16.9 Å². The zero-order valence-corrected chi connectivity index (χ0v) is 18.1. The van der Waals surface area contributed by atoms with Crippen molar-refractivity contribution >= 4 is 33.0 Å². The third kappa shape index (κ3) is 4.06. The van der Waals surface area contributed by atoms with Crippen LogP contribution in [0.4, 0.5) is 5.69 Å². The van der Waals surface area contributed by atoms with E-state index >= 15 is 0 Å². The molecule has 2 unspecified atom stereocenters. The van der Waals surface area contributed by atoms with Crippen molar-refractivity contribution < 1.29 is 13.2 Å². The van der Waals surface area contributed by atoms with Gasteiger partial charge in [-0.3, -0.25) is 14.4 Å². The number of rotatable bonds is 5. The van der Waals surface area contributed by atoms with E-state index in [0.717, 1.165) is 42.7 Å². The Morgan fingerprint density at radius 1 is 1.38 bits per heavy atom. The Hall–Kier alpha value is -1.90. The smallest absolute Gasteiger partial charge is 0.235 e. The lowest BCUT2D eigenvalue weighted by molar-refractivity contribution is -0.123. The Morgan fingerprint density at radius 3 is 2.90 bits per heavy atom. The van der Waals surface area contributed by atoms with E-state index in [4.69, 9.17) is 11.6 Å². The average Bonchev–Trinajstić information content (AvgIpc) is 3.19. The number of carbonyl (C=O) groups excluding carboxylic acids is 1. The number of nitrogens with one attached hydrogen (secondary N) is 1. The van der Waals surface area contributed by atoms with Gasteiger partial charge in [-0.2, -0.15) is 5.10 Å². The maximum absolute atomic E-state index is 12.9. The molecule has 1 fully saturated rings. The second-order valence-electron chi connectivity index (χ2n) is 8.24. The fourth-order valence-corrected chi connectivity index (χ4v) is 5.16. The van der Waals surface area contributed by atoms with Crippen LogP contribution in [-0.2, 0) is 33.1 Å². The SMILES string of the molecule is CC1CC2(CCN1Cc1cnn(CCS(C)(=O)=O)c1)C(=O)Nc1ccc(Cl)cc12. The van der Waals surface area contributed by atoms with Crippen molar-refractivity contribution in [2.45, 2.75) is 44.3 Å². The predicted molar refractivity (Wildman–Crippen MR) is 113 cm³/mol. The van der Waals surface area contributed by atoms with E-state index in [0.29, 0.717) is 11.6 Å². The van der Waals surface area contributed by atoms with E-state index in [2.05, 4.69) is 22.2 Å². The number of carbonyl (C=O) groups is 1. The minimum absolute atomic E-state index is 0.0647. The molecule has 2 aromatic rings. The number of halogens is 1. The normalized spacial score (nSPS) is 24.7. The molecule has 0 saturated carbocycles. The van der Waals surface area contributed by atoms with Crippen LogP contribution in [0, 0.1) is 0 Å². The molecule has 2 atom stereocenters. The van der Waals surface area contributed by atoms with Crippen molar-refractivity contribution in [1.82, 2.24) is 14.7 Å². The summed E-state index contributed by atoms with van der Waals surface area (Å²) in [5.74, 6) is 0.142. The first kappa shape index (κ1) is 20.4. The molecule has 1 aromatic carbocycles. The summed E-state index contributed by atoms with van der Waals surface area (Å²) in [4.78, 5) is 15.2. The van der Waals surface area contributed by atoms with Crippen molar-refractivity contribution in [1.29, 1.82) is 0 Å². The van der Waals surface area contributed by atoms with Gasteiger partial charge in [0.15, 0.2) is 0 Å². The Bertz CT molecular complexity index is 1050. The van der Waals surface area contributed by atoms with Crippen LogP contribution in [0.25, 0.3) is 0 Å². The van der Waals surface area contributed by atoms with E-state index in [1.165, 1.54) is 6.26 Å². The van der Waals surface area contributed by atoms with Gasteiger partial charge in [-0.05, 0) is 43.5 Å². The lowest BCUT2D eigenvalue weighted by Gasteiger charge is -2.42. The summed E-state index contributed by atoms with van der Waals surface area (Å²) in [5, 5.41) is 7.95. The number of aromatic nitrogens is 2. The van der Waals surface area contributed by atoms with Crippen molar-refractivity contribution in [3.63, 3.8) is 0 Å². The highest BCUT2D eigenvalue weighted by Crippen LogP contribution is 2.47. The predicted octanol–water partition coefficient (Wildman–Crippen LogP) is 2.46. The fraction of sp³-hybridized carbons (Fsp3) is 0.500. The van der Waals surface area contributed by atoms with Gasteiger partial charge in [0.25, 0.3) is 0 Å². The molecule has 1 saturated heterocycles. The first-order valence-electron chi connectivity index (χ1n) is 9.71. The standard InChI is InChI=1S/C20H25ClN4O3S/c1-14-10-20(17-9-16(21)3-4-18(17)23-19(20)26)5-6-24(14)12-15-11-22-25(13-15)7-8-29(2,27)28/h3-4,9,11,13-14H,5-8,10,12H2,1-2H3,(H,23,26). The quantitative estimate of drug-likeness (QED) is 0.778. The number of hydrogen-bond acceptors (Lipinski definition) is 5. The van der Waals surface area contributed by atoms with Gasteiger partial charge in [-0.25, -0.2) is 8.42 Å². The molecule has 7 nitrogen and oxygen atoms in total. The molecule has 1 N–H and O–H groups in total. The molecule has 0 radical (unpaired) electrons. The third-order valence-corrected chi connectivity index (χ3v) is 7.20. The highest BCUT2D eigenvalue weighted by Gasteiger charge is 2.50. The number of fused-ring (bicyclic) bond motifs is 2. The molecule has 1 amide bonds. The van der Waals surface area contributed by atoms with Crippen molar-refractivity contribution in [2.75, 3.05) is 23.9 Å². The van der Waals surface area contributed by atoms with Gasteiger partial charge in [0.05, 0.1) is 23.9 Å². The molecule has 0 aliphatic carbocycles. The van der Waals surface area contributed by atoms with E-state index in [9.17, 15) is 13.2 Å². The first-order chi connectivity index (χ1) is 13.7. The van der Waals surface area contributed by atoms with Gasteiger partial charge < -0.3 is 5.32 Å². The molecule has 156 valence electrons. The zero-order valence-electron chi connectivity index (χ0n) is 16.6. The maximum atomic E-state index is 12.9. The first-order valence-corrected chi connectivity index (χ1v) is 12.1. The topological polar surface area (TPSA) is 84.3 Å². The summed E-state index contributed by atoms with van der Waals surface area (Å²) in [7, 11) is -3.01. The van der Waals surface area contributed by atoms with Crippen molar-refractivity contribution in [3.05, 3.63) is 46.7 Å². The number of aryl methyl sites for hydroxylation is 1. The van der Waals surface area contributed by atoms with Crippen LogP contribution in [-0.4, -0.2) is 53.6 Å². The number of nitrogens with zero attached hydrogens (tertiary/aromatic N) is 3. The second-order valence-corrected chi connectivity index (χ2v) is 10.9. The summed E-state index contributed by atoms with van der Waals surface area (Å²) in [5.41, 5.74) is 2.40. The number of sulfone groups is 1. The monoisotopic (exact) mass is 436 g/mol. The third-order valence-electron chi connectivity index (χ3n) is 6.04. The van der Waals surface area contributed by atoms with Gasteiger partial charge in [0, 0.05) is 47.9 Å². The van der Waals surface area contributed by atoms with Gasteiger partial charge in [-0.1, -0.05) is 11.6 Å². The van der Waals surface area contributed by atoms with E-state index < -0.39 is 15.3 Å². The van der Waals surface area contributed by atoms with Crippen LogP contribution < -0.4 is 5.32 Å². The van der Waals surface area contributed by atoms with Crippen LogP contribution in [0.2, 0.25) is 5.02 Å². The molecule has 0 bridgehead atoms. The summed E-state index contributed by atoms with van der Waals surface area (Å²) in [6.07, 6.45) is 6.39. The van der Waals surface area contributed by atoms with Crippen molar-refractivity contribution in [2.24, 2.45) is 0 Å². The number of piperidine rings is 1. The van der Waals surface area contributed by atoms with Crippen molar-refractivity contribution in [3.8, 4) is 0 Å². The lowest BCUT2D eigenvalue weighted by atomic mass is 9.71. The van der Waals surface area contributed by atoms with Gasteiger partial charge in [0.1, 0.15) is 9.84 Å². The highest BCUT2D eigenvalue weighted by atomic mass is 35.5. The second kappa shape index (κ2) is 7.41.